The van der Waals surface area contributed by atoms with E-state index in [4.69, 9.17) is 9.15 Å². The molecule has 2 heterocycles. The fourth-order valence-electron chi connectivity index (χ4n) is 3.05. The van der Waals surface area contributed by atoms with Crippen LogP contribution in [0.4, 0.5) is 8.78 Å². The maximum atomic E-state index is 12.8. The van der Waals surface area contributed by atoms with E-state index < -0.39 is 12.2 Å². The number of ether oxygens (including phenoxy) is 1. The lowest BCUT2D eigenvalue weighted by atomic mass is 10.1. The number of aromatic nitrogens is 2. The van der Waals surface area contributed by atoms with Gasteiger partial charge in [0.25, 0.3) is 12.3 Å². The Morgan fingerprint density at radius 1 is 1.10 bits per heavy atom. The molecule has 1 amide bonds. The average molecular weight is 411 g/mol. The van der Waals surface area contributed by atoms with Gasteiger partial charge >= 0.3 is 0 Å². The quantitative estimate of drug-likeness (QED) is 0.439. The molecule has 0 atom stereocenters. The van der Waals surface area contributed by atoms with Gasteiger partial charge in [-0.05, 0) is 41.5 Å². The zero-order valence-electron chi connectivity index (χ0n) is 15.9. The lowest BCUT2D eigenvalue weighted by Crippen LogP contribution is -2.22. The van der Waals surface area contributed by atoms with Crippen molar-refractivity contribution in [3.8, 4) is 0 Å². The number of aromatic amines is 1. The summed E-state index contributed by atoms with van der Waals surface area (Å²) in [6.45, 7) is 1.14. The Morgan fingerprint density at radius 2 is 1.97 bits per heavy atom. The normalized spacial score (nSPS) is 11.3. The first kappa shape index (κ1) is 19.8. The second kappa shape index (κ2) is 8.87. The molecule has 0 saturated heterocycles. The van der Waals surface area contributed by atoms with Gasteiger partial charge in [0.1, 0.15) is 12.4 Å². The van der Waals surface area contributed by atoms with E-state index in [1.807, 2.05) is 36.4 Å². The number of rotatable bonds is 8. The maximum absolute atomic E-state index is 12.8. The number of hydrogen-bond donors (Lipinski definition) is 2. The number of fused-ring (bicyclic) bond motifs is 1. The van der Waals surface area contributed by atoms with Gasteiger partial charge in [0.05, 0.1) is 23.9 Å². The van der Waals surface area contributed by atoms with Gasteiger partial charge in [0.15, 0.2) is 5.82 Å². The minimum Gasteiger partial charge on any atom is -0.467 e. The van der Waals surface area contributed by atoms with Crippen molar-refractivity contribution in [2.75, 3.05) is 0 Å². The van der Waals surface area contributed by atoms with Crippen molar-refractivity contribution >= 4 is 16.9 Å². The SMILES string of the molecule is O=C(NCc1cccc(COCc2ccco2)c1)c1ccc2nc(C(F)F)[nH]c2c1. The number of amides is 1. The van der Waals surface area contributed by atoms with Gasteiger partial charge in [-0.3, -0.25) is 4.79 Å². The Bertz CT molecular complexity index is 1140. The van der Waals surface area contributed by atoms with E-state index in [-0.39, 0.29) is 5.91 Å². The van der Waals surface area contributed by atoms with Crippen molar-refractivity contribution in [3.05, 3.63) is 89.1 Å². The highest BCUT2D eigenvalue weighted by atomic mass is 19.3. The van der Waals surface area contributed by atoms with Gasteiger partial charge in [-0.15, -0.1) is 0 Å². The summed E-state index contributed by atoms with van der Waals surface area (Å²) in [4.78, 5) is 18.8. The molecule has 30 heavy (non-hydrogen) atoms. The highest BCUT2D eigenvalue weighted by molar-refractivity contribution is 5.97. The number of benzene rings is 2. The van der Waals surface area contributed by atoms with Crippen LogP contribution >= 0.6 is 0 Å². The summed E-state index contributed by atoms with van der Waals surface area (Å²) in [7, 11) is 0. The number of alkyl halides is 2. The van der Waals surface area contributed by atoms with Crippen LogP contribution in [0, 0.1) is 0 Å². The number of nitrogens with zero attached hydrogens (tertiary/aromatic N) is 1. The van der Waals surface area contributed by atoms with Crippen LogP contribution in [0.3, 0.4) is 0 Å². The van der Waals surface area contributed by atoms with Crippen LogP contribution in [0.2, 0.25) is 0 Å². The van der Waals surface area contributed by atoms with Crippen LogP contribution in [0.1, 0.15) is 39.5 Å². The van der Waals surface area contributed by atoms with Crippen molar-refractivity contribution in [2.45, 2.75) is 26.2 Å². The lowest BCUT2D eigenvalue weighted by molar-refractivity contribution is 0.0928. The first-order valence-electron chi connectivity index (χ1n) is 9.32. The number of hydrogen-bond acceptors (Lipinski definition) is 4. The molecule has 0 spiro atoms. The van der Waals surface area contributed by atoms with Gasteiger partial charge in [-0.2, -0.15) is 0 Å². The van der Waals surface area contributed by atoms with Crippen LogP contribution in [-0.4, -0.2) is 15.9 Å². The third kappa shape index (κ3) is 4.72. The molecular formula is C22H19F2N3O3. The van der Waals surface area contributed by atoms with Crippen LogP contribution in [0.5, 0.6) is 0 Å². The summed E-state index contributed by atoms with van der Waals surface area (Å²) >= 11 is 0. The summed E-state index contributed by atoms with van der Waals surface area (Å²) < 4.78 is 36.4. The first-order chi connectivity index (χ1) is 14.6. The molecule has 6 nitrogen and oxygen atoms in total. The fraction of sp³-hybridized carbons (Fsp3) is 0.182. The minimum atomic E-state index is -2.69. The molecule has 2 aromatic carbocycles. The third-order valence-electron chi connectivity index (χ3n) is 4.51. The first-order valence-corrected chi connectivity index (χ1v) is 9.32. The molecule has 2 aromatic heterocycles. The topological polar surface area (TPSA) is 80.2 Å². The van der Waals surface area contributed by atoms with E-state index >= 15 is 0 Å². The van der Waals surface area contributed by atoms with E-state index in [0.29, 0.717) is 36.4 Å². The average Bonchev–Trinajstić information content (AvgIpc) is 3.41. The van der Waals surface area contributed by atoms with Crippen molar-refractivity contribution in [3.63, 3.8) is 0 Å². The van der Waals surface area contributed by atoms with Gasteiger partial charge in [0, 0.05) is 12.1 Å². The summed E-state index contributed by atoms with van der Waals surface area (Å²) in [5.41, 5.74) is 3.06. The zero-order valence-corrected chi connectivity index (χ0v) is 15.9. The molecule has 0 aliphatic heterocycles. The number of halogens is 2. The standard InChI is InChI=1S/C22H19F2N3O3/c23-20(24)21-26-18-7-6-16(10-19(18)27-21)22(28)25-11-14-3-1-4-15(9-14)12-29-13-17-5-2-8-30-17/h1-10,20H,11-13H2,(H,25,28)(H,26,27). The Kier molecular flexibility index (Phi) is 5.85. The van der Waals surface area contributed by atoms with E-state index in [1.165, 1.54) is 6.07 Å². The van der Waals surface area contributed by atoms with E-state index in [1.54, 1.807) is 18.4 Å². The summed E-state index contributed by atoms with van der Waals surface area (Å²) in [6, 6.07) is 16.0. The molecule has 0 fully saturated rings. The predicted octanol–water partition coefficient (Wildman–Crippen LogP) is 4.74. The second-order valence-corrected chi connectivity index (χ2v) is 6.73. The molecule has 0 unspecified atom stereocenters. The lowest BCUT2D eigenvalue weighted by Gasteiger charge is -2.08. The van der Waals surface area contributed by atoms with Crippen molar-refractivity contribution in [1.29, 1.82) is 0 Å². The molecule has 4 aromatic rings. The second-order valence-electron chi connectivity index (χ2n) is 6.73. The molecule has 0 aliphatic carbocycles. The van der Waals surface area contributed by atoms with Crippen molar-refractivity contribution in [2.24, 2.45) is 0 Å². The number of nitrogens with one attached hydrogen (secondary N) is 2. The molecule has 2 N–H and O–H groups in total. The summed E-state index contributed by atoms with van der Waals surface area (Å²) in [5, 5.41) is 2.84. The van der Waals surface area contributed by atoms with E-state index in [2.05, 4.69) is 15.3 Å². The molecule has 4 rings (SSSR count). The summed E-state index contributed by atoms with van der Waals surface area (Å²) in [6.07, 6.45) is -1.09. The predicted molar refractivity (Wildman–Crippen MR) is 106 cm³/mol. The Balaban J connectivity index is 1.34. The molecule has 0 aliphatic rings. The van der Waals surface area contributed by atoms with Gasteiger partial charge in [-0.25, -0.2) is 13.8 Å². The maximum Gasteiger partial charge on any atom is 0.295 e. The number of carbonyl (C=O) groups excluding carboxylic acids is 1. The Morgan fingerprint density at radius 3 is 2.77 bits per heavy atom. The largest absolute Gasteiger partial charge is 0.467 e. The Labute approximate surface area is 170 Å². The molecular weight excluding hydrogens is 392 g/mol. The number of carbonyl (C=O) groups is 1. The van der Waals surface area contributed by atoms with Crippen LogP contribution in [0.25, 0.3) is 11.0 Å². The molecule has 0 saturated carbocycles. The van der Waals surface area contributed by atoms with Crippen LogP contribution in [-0.2, 0) is 24.5 Å². The highest BCUT2D eigenvalue weighted by Gasteiger charge is 2.14. The molecule has 154 valence electrons. The van der Waals surface area contributed by atoms with Gasteiger partial charge in [0.2, 0.25) is 0 Å². The van der Waals surface area contributed by atoms with E-state index in [9.17, 15) is 13.6 Å². The van der Waals surface area contributed by atoms with Gasteiger partial charge < -0.3 is 19.5 Å². The fourth-order valence-corrected chi connectivity index (χ4v) is 3.05. The molecule has 0 bridgehead atoms. The van der Waals surface area contributed by atoms with E-state index in [0.717, 1.165) is 16.9 Å². The van der Waals surface area contributed by atoms with Crippen molar-refractivity contribution < 1.29 is 22.7 Å². The monoisotopic (exact) mass is 411 g/mol. The minimum absolute atomic E-state index is 0.301. The van der Waals surface area contributed by atoms with Crippen molar-refractivity contribution in [1.82, 2.24) is 15.3 Å². The highest BCUT2D eigenvalue weighted by Crippen LogP contribution is 2.20. The molecule has 0 radical (unpaired) electrons. The number of furan rings is 1. The molecule has 8 heteroatoms. The number of H-pyrrole nitrogens is 1. The Hall–Kier alpha value is -3.52. The van der Waals surface area contributed by atoms with Gasteiger partial charge in [-0.1, -0.05) is 24.3 Å². The smallest absolute Gasteiger partial charge is 0.295 e. The zero-order chi connectivity index (χ0) is 20.9. The van der Waals surface area contributed by atoms with Crippen LogP contribution < -0.4 is 5.32 Å². The third-order valence-corrected chi connectivity index (χ3v) is 4.51. The number of imidazole rings is 1. The summed E-state index contributed by atoms with van der Waals surface area (Å²) in [5.74, 6) is 0.0477. The van der Waals surface area contributed by atoms with Crippen LogP contribution in [0.15, 0.2) is 65.3 Å².